The van der Waals surface area contributed by atoms with Crippen molar-refractivity contribution in [1.82, 2.24) is 20.0 Å². The molecule has 0 bridgehead atoms. The van der Waals surface area contributed by atoms with E-state index in [2.05, 4.69) is 15.1 Å². The van der Waals surface area contributed by atoms with E-state index >= 15 is 0 Å². The minimum Gasteiger partial charge on any atom is -0.507 e. The van der Waals surface area contributed by atoms with Crippen LogP contribution in [0.4, 0.5) is 0 Å². The maximum Gasteiger partial charge on any atom is 0.258 e. The Balaban J connectivity index is 1.34. The molecule has 174 valence electrons. The summed E-state index contributed by atoms with van der Waals surface area (Å²) in [6.07, 6.45) is 3.70. The van der Waals surface area contributed by atoms with Crippen molar-refractivity contribution in [2.75, 3.05) is 33.4 Å². The molecule has 2 aliphatic rings. The number of carbonyl (C=O) groups is 1. The monoisotopic (exact) mass is 450 g/mol. The highest BCUT2D eigenvalue weighted by atomic mass is 16.5. The van der Waals surface area contributed by atoms with Gasteiger partial charge in [-0.2, -0.15) is 5.10 Å². The summed E-state index contributed by atoms with van der Waals surface area (Å²) in [5.41, 5.74) is 4.14. The predicted molar refractivity (Wildman–Crippen MR) is 124 cm³/mol. The Hall–Kier alpha value is -3.10. The molecule has 2 N–H and O–H groups in total. The van der Waals surface area contributed by atoms with Gasteiger partial charge in [0.2, 0.25) is 0 Å². The number of hydrogen-bond acceptors (Lipinski definition) is 6. The number of amides is 1. The van der Waals surface area contributed by atoms with E-state index in [1.807, 2.05) is 18.2 Å². The van der Waals surface area contributed by atoms with Gasteiger partial charge in [-0.3, -0.25) is 14.8 Å². The number of rotatable bonds is 7. The minimum atomic E-state index is -0.183. The van der Waals surface area contributed by atoms with E-state index in [9.17, 15) is 9.90 Å². The minimum absolute atomic E-state index is 0.0276. The first-order valence-electron chi connectivity index (χ1n) is 11.6. The fourth-order valence-electron chi connectivity index (χ4n) is 4.75. The lowest BCUT2D eigenvalue weighted by Crippen LogP contribution is -2.29. The molecule has 8 heteroatoms. The zero-order chi connectivity index (χ0) is 22.8. The number of fused-ring (bicyclic) bond motifs is 2. The highest BCUT2D eigenvalue weighted by molar-refractivity contribution is 6.01. The Morgan fingerprint density at radius 3 is 2.73 bits per heavy atom. The zero-order valence-electron chi connectivity index (χ0n) is 19.0. The number of carbonyl (C=O) groups excluding carboxylic acids is 1. The van der Waals surface area contributed by atoms with Crippen LogP contribution < -0.4 is 4.74 Å². The summed E-state index contributed by atoms with van der Waals surface area (Å²) in [5, 5.41) is 19.0. The largest absolute Gasteiger partial charge is 0.507 e. The quantitative estimate of drug-likeness (QED) is 0.536. The van der Waals surface area contributed by atoms with Crippen LogP contribution >= 0.6 is 0 Å². The van der Waals surface area contributed by atoms with Crippen molar-refractivity contribution in [3.05, 3.63) is 52.7 Å². The number of phenols is 1. The van der Waals surface area contributed by atoms with Crippen LogP contribution in [0.15, 0.2) is 30.3 Å². The van der Waals surface area contributed by atoms with Gasteiger partial charge < -0.3 is 19.5 Å². The lowest BCUT2D eigenvalue weighted by atomic mass is 10.1. The van der Waals surface area contributed by atoms with Crippen LogP contribution in [0.3, 0.4) is 0 Å². The molecule has 0 unspecified atom stereocenters. The normalized spacial score (nSPS) is 16.3. The molecule has 1 aromatic heterocycles. The molecule has 2 aliphatic heterocycles. The van der Waals surface area contributed by atoms with Crippen molar-refractivity contribution in [2.24, 2.45) is 0 Å². The number of aromatic amines is 1. The first-order valence-corrected chi connectivity index (χ1v) is 11.6. The number of H-pyrrole nitrogens is 1. The van der Waals surface area contributed by atoms with E-state index in [0.717, 1.165) is 53.1 Å². The van der Waals surface area contributed by atoms with E-state index in [1.54, 1.807) is 24.1 Å². The average Bonchev–Trinajstić information content (AvgIpc) is 3.42. The molecule has 1 fully saturated rings. The topological polar surface area (TPSA) is 90.9 Å². The summed E-state index contributed by atoms with van der Waals surface area (Å²) in [4.78, 5) is 17.5. The number of aromatic hydroxyl groups is 1. The maximum atomic E-state index is 13.4. The van der Waals surface area contributed by atoms with Crippen LogP contribution in [0.25, 0.3) is 10.9 Å². The van der Waals surface area contributed by atoms with Crippen molar-refractivity contribution in [1.29, 1.82) is 0 Å². The van der Waals surface area contributed by atoms with Crippen LogP contribution in [0.2, 0.25) is 0 Å². The third-order valence-electron chi connectivity index (χ3n) is 6.55. The van der Waals surface area contributed by atoms with Gasteiger partial charge in [-0.1, -0.05) is 12.5 Å². The van der Waals surface area contributed by atoms with E-state index in [-0.39, 0.29) is 11.7 Å². The van der Waals surface area contributed by atoms with Crippen LogP contribution in [-0.2, 0) is 24.4 Å². The summed E-state index contributed by atoms with van der Waals surface area (Å²) in [6.45, 7) is 4.89. The Bertz CT molecular complexity index is 1150. The third kappa shape index (κ3) is 4.54. The molecule has 0 saturated carbocycles. The molecule has 5 rings (SSSR count). The number of phenolic OH excluding ortho intramolecular Hbond substituents is 1. The van der Waals surface area contributed by atoms with Crippen molar-refractivity contribution >= 4 is 16.8 Å². The fraction of sp³-hybridized carbons (Fsp3) is 0.440. The molecule has 0 aliphatic carbocycles. The van der Waals surface area contributed by atoms with Gasteiger partial charge in [-0.05, 0) is 55.3 Å². The van der Waals surface area contributed by atoms with Gasteiger partial charge in [-0.25, -0.2) is 0 Å². The Morgan fingerprint density at radius 1 is 1.09 bits per heavy atom. The van der Waals surface area contributed by atoms with Crippen molar-refractivity contribution < 1.29 is 19.4 Å². The zero-order valence-corrected chi connectivity index (χ0v) is 19.0. The van der Waals surface area contributed by atoms with Gasteiger partial charge in [0.15, 0.2) is 0 Å². The standard InChI is InChI=1S/C25H30N4O4/c1-32-9-10-33-19-6-5-17-14-29(15-18(17)11-19)25(31)21-12-20-22(13-24(21)30)26-27-23(20)16-28-7-3-2-4-8-28/h5-6,11-13,30H,2-4,7-10,14-16H2,1H3,(H,26,27). The summed E-state index contributed by atoms with van der Waals surface area (Å²) in [6, 6.07) is 9.30. The molecule has 8 nitrogen and oxygen atoms in total. The number of piperidine rings is 1. The van der Waals surface area contributed by atoms with Gasteiger partial charge in [-0.15, -0.1) is 0 Å². The molecule has 2 aromatic carbocycles. The van der Waals surface area contributed by atoms with E-state index < -0.39 is 0 Å². The molecule has 1 saturated heterocycles. The second-order valence-corrected chi connectivity index (χ2v) is 8.86. The summed E-state index contributed by atoms with van der Waals surface area (Å²) in [5.74, 6) is 0.558. The molecule has 0 radical (unpaired) electrons. The first-order chi connectivity index (χ1) is 16.1. The second-order valence-electron chi connectivity index (χ2n) is 8.86. The van der Waals surface area contributed by atoms with Crippen molar-refractivity contribution in [2.45, 2.75) is 38.9 Å². The number of nitrogens with one attached hydrogen (secondary N) is 1. The molecule has 0 atom stereocenters. The summed E-state index contributed by atoms with van der Waals surface area (Å²) < 4.78 is 10.7. The molecule has 33 heavy (non-hydrogen) atoms. The smallest absolute Gasteiger partial charge is 0.258 e. The highest BCUT2D eigenvalue weighted by Gasteiger charge is 2.27. The van der Waals surface area contributed by atoms with Crippen LogP contribution in [0.5, 0.6) is 11.5 Å². The lowest BCUT2D eigenvalue weighted by molar-refractivity contribution is 0.0748. The van der Waals surface area contributed by atoms with Gasteiger partial charge in [0.25, 0.3) is 5.91 Å². The average molecular weight is 451 g/mol. The van der Waals surface area contributed by atoms with Crippen LogP contribution in [0.1, 0.15) is 46.4 Å². The predicted octanol–water partition coefficient (Wildman–Crippen LogP) is 3.44. The van der Waals surface area contributed by atoms with Crippen LogP contribution in [-0.4, -0.2) is 64.4 Å². The highest BCUT2D eigenvalue weighted by Crippen LogP contribution is 2.32. The molecule has 0 spiro atoms. The SMILES string of the molecule is COCCOc1ccc2c(c1)CN(C(=O)c1cc3c(CN4CCCCC4)n[nH]c3cc1O)C2. The Kier molecular flexibility index (Phi) is 6.20. The Labute approximate surface area is 193 Å². The number of ether oxygens (including phenoxy) is 2. The molecular weight excluding hydrogens is 420 g/mol. The molecular formula is C25H30N4O4. The fourth-order valence-corrected chi connectivity index (χ4v) is 4.75. The van der Waals surface area contributed by atoms with E-state index in [0.29, 0.717) is 31.9 Å². The van der Waals surface area contributed by atoms with Gasteiger partial charge >= 0.3 is 0 Å². The van der Waals surface area contributed by atoms with Gasteiger partial charge in [0, 0.05) is 38.2 Å². The van der Waals surface area contributed by atoms with Crippen molar-refractivity contribution in [3.63, 3.8) is 0 Å². The number of methoxy groups -OCH3 is 1. The number of nitrogens with zero attached hydrogens (tertiary/aromatic N) is 3. The third-order valence-corrected chi connectivity index (χ3v) is 6.55. The number of likely N-dealkylation sites (tertiary alicyclic amines) is 1. The molecule has 1 amide bonds. The first kappa shape index (κ1) is 21.7. The maximum absolute atomic E-state index is 13.4. The Morgan fingerprint density at radius 2 is 1.91 bits per heavy atom. The lowest BCUT2D eigenvalue weighted by Gasteiger charge is -2.25. The van der Waals surface area contributed by atoms with Gasteiger partial charge in [0.05, 0.1) is 23.4 Å². The number of benzene rings is 2. The number of hydrogen-bond donors (Lipinski definition) is 2. The molecule has 3 heterocycles. The van der Waals surface area contributed by atoms with E-state index in [4.69, 9.17) is 9.47 Å². The number of aromatic nitrogens is 2. The molecule has 3 aromatic rings. The summed E-state index contributed by atoms with van der Waals surface area (Å²) in [7, 11) is 1.64. The van der Waals surface area contributed by atoms with Crippen molar-refractivity contribution in [3.8, 4) is 11.5 Å². The second kappa shape index (κ2) is 9.41. The van der Waals surface area contributed by atoms with Gasteiger partial charge in [0.1, 0.15) is 18.1 Å². The summed E-state index contributed by atoms with van der Waals surface area (Å²) >= 11 is 0. The van der Waals surface area contributed by atoms with Crippen LogP contribution in [0, 0.1) is 0 Å². The van der Waals surface area contributed by atoms with E-state index in [1.165, 1.54) is 19.3 Å².